The van der Waals surface area contributed by atoms with Crippen LogP contribution in [0, 0.1) is 5.92 Å². The number of carbonyl (C=O) groups excluding carboxylic acids is 2. The number of benzene rings is 1. The zero-order chi connectivity index (χ0) is 19.2. The van der Waals surface area contributed by atoms with Crippen LogP contribution in [-0.2, 0) is 16.0 Å². The highest BCUT2D eigenvalue weighted by Crippen LogP contribution is 2.34. The van der Waals surface area contributed by atoms with Crippen LogP contribution in [0.25, 0.3) is 0 Å². The summed E-state index contributed by atoms with van der Waals surface area (Å²) in [6.45, 7) is 0.947. The molecule has 1 aromatic carbocycles. The van der Waals surface area contributed by atoms with Gasteiger partial charge in [-0.2, -0.15) is 0 Å². The number of hydrogen-bond donors (Lipinski definition) is 1. The molecule has 2 aromatic rings. The van der Waals surface area contributed by atoms with E-state index < -0.39 is 5.92 Å². The number of ether oxygens (including phenoxy) is 2. The average Bonchev–Trinajstić information content (AvgIpc) is 3.09. The van der Waals surface area contributed by atoms with E-state index in [1.807, 2.05) is 18.2 Å². The van der Waals surface area contributed by atoms with Gasteiger partial charge in [-0.25, -0.2) is 0 Å². The Morgan fingerprint density at radius 2 is 2.04 bits per heavy atom. The fraction of sp³-hybridized carbons (Fsp3) is 0.350. The summed E-state index contributed by atoms with van der Waals surface area (Å²) in [4.78, 5) is 31.0. The minimum absolute atomic E-state index is 0.197. The third kappa shape index (κ3) is 4.19. The SMILES string of the molecule is COc1ccc(N2CCC(C(=O)NCCc3ccccn3)C2=O)cc1OC. The molecule has 0 spiro atoms. The minimum Gasteiger partial charge on any atom is -0.493 e. The van der Waals surface area contributed by atoms with Gasteiger partial charge < -0.3 is 19.7 Å². The lowest BCUT2D eigenvalue weighted by atomic mass is 10.1. The van der Waals surface area contributed by atoms with Crippen molar-refractivity contribution in [2.45, 2.75) is 12.8 Å². The molecule has 1 N–H and O–H groups in total. The smallest absolute Gasteiger partial charge is 0.239 e. The quantitative estimate of drug-likeness (QED) is 0.753. The Bertz CT molecular complexity index is 810. The van der Waals surface area contributed by atoms with Crippen molar-refractivity contribution in [2.24, 2.45) is 5.92 Å². The molecule has 1 aromatic heterocycles. The second-order valence-electron chi connectivity index (χ2n) is 6.23. The molecule has 1 aliphatic rings. The number of amides is 2. The Labute approximate surface area is 158 Å². The number of anilines is 1. The van der Waals surface area contributed by atoms with E-state index in [9.17, 15) is 9.59 Å². The van der Waals surface area contributed by atoms with E-state index >= 15 is 0 Å². The molecule has 0 aliphatic carbocycles. The van der Waals surface area contributed by atoms with E-state index in [1.54, 1.807) is 43.5 Å². The van der Waals surface area contributed by atoms with Crippen LogP contribution in [0.2, 0.25) is 0 Å². The summed E-state index contributed by atoms with van der Waals surface area (Å²) in [5.74, 6) is 0.0427. The van der Waals surface area contributed by atoms with Gasteiger partial charge in [0.2, 0.25) is 11.8 Å². The van der Waals surface area contributed by atoms with Crippen LogP contribution in [0.4, 0.5) is 5.69 Å². The van der Waals surface area contributed by atoms with Crippen molar-refractivity contribution in [3.05, 3.63) is 48.3 Å². The molecule has 1 saturated heterocycles. The molecule has 0 bridgehead atoms. The normalized spacial score (nSPS) is 16.3. The third-order valence-corrected chi connectivity index (χ3v) is 4.61. The van der Waals surface area contributed by atoms with Gasteiger partial charge in [0.1, 0.15) is 5.92 Å². The van der Waals surface area contributed by atoms with Crippen LogP contribution in [0.5, 0.6) is 11.5 Å². The summed E-state index contributed by atoms with van der Waals surface area (Å²) in [5, 5.41) is 2.85. The lowest BCUT2D eigenvalue weighted by molar-refractivity contribution is -0.132. The van der Waals surface area contributed by atoms with Gasteiger partial charge in [-0.05, 0) is 30.7 Å². The number of nitrogens with zero attached hydrogens (tertiary/aromatic N) is 2. The molecule has 0 saturated carbocycles. The Hall–Kier alpha value is -3.09. The molecule has 1 atom stereocenters. The van der Waals surface area contributed by atoms with Crippen molar-refractivity contribution in [2.75, 3.05) is 32.2 Å². The van der Waals surface area contributed by atoms with Crippen molar-refractivity contribution in [1.29, 1.82) is 0 Å². The van der Waals surface area contributed by atoms with Crippen LogP contribution in [0.15, 0.2) is 42.6 Å². The number of nitrogens with one attached hydrogen (secondary N) is 1. The van der Waals surface area contributed by atoms with E-state index in [0.717, 1.165) is 5.69 Å². The van der Waals surface area contributed by atoms with E-state index in [-0.39, 0.29) is 11.8 Å². The minimum atomic E-state index is -0.665. The third-order valence-electron chi connectivity index (χ3n) is 4.61. The number of hydrogen-bond acceptors (Lipinski definition) is 5. The molecule has 2 heterocycles. The maximum atomic E-state index is 12.7. The molecule has 7 nitrogen and oxygen atoms in total. The Balaban J connectivity index is 1.60. The first-order valence-electron chi connectivity index (χ1n) is 8.85. The molecular formula is C20H23N3O4. The van der Waals surface area contributed by atoms with Crippen molar-refractivity contribution in [3.63, 3.8) is 0 Å². The zero-order valence-corrected chi connectivity index (χ0v) is 15.5. The number of rotatable bonds is 7. The first-order valence-corrected chi connectivity index (χ1v) is 8.85. The molecular weight excluding hydrogens is 346 g/mol. The maximum Gasteiger partial charge on any atom is 0.239 e. The molecule has 27 heavy (non-hydrogen) atoms. The molecule has 3 rings (SSSR count). The number of carbonyl (C=O) groups is 2. The van der Waals surface area contributed by atoms with Gasteiger partial charge in [-0.15, -0.1) is 0 Å². The predicted molar refractivity (Wildman–Crippen MR) is 101 cm³/mol. The highest BCUT2D eigenvalue weighted by molar-refractivity contribution is 6.09. The Morgan fingerprint density at radius 1 is 1.22 bits per heavy atom. The van der Waals surface area contributed by atoms with Gasteiger partial charge in [-0.3, -0.25) is 14.6 Å². The highest BCUT2D eigenvalue weighted by atomic mass is 16.5. The number of pyridine rings is 1. The van der Waals surface area contributed by atoms with E-state index in [2.05, 4.69) is 10.3 Å². The molecule has 142 valence electrons. The molecule has 2 amide bonds. The second-order valence-corrected chi connectivity index (χ2v) is 6.23. The first kappa shape index (κ1) is 18.7. The standard InChI is InChI=1S/C20H23N3O4/c1-26-17-7-6-15(13-18(17)27-2)23-12-9-16(20(23)25)19(24)22-11-8-14-5-3-4-10-21-14/h3-7,10,13,16H,8-9,11-12H2,1-2H3,(H,22,24). The van der Waals surface area contributed by atoms with E-state index in [4.69, 9.17) is 9.47 Å². The van der Waals surface area contributed by atoms with Crippen LogP contribution in [0.3, 0.4) is 0 Å². The van der Waals surface area contributed by atoms with Gasteiger partial charge >= 0.3 is 0 Å². The van der Waals surface area contributed by atoms with Gasteiger partial charge in [-0.1, -0.05) is 6.07 Å². The monoisotopic (exact) mass is 369 g/mol. The zero-order valence-electron chi connectivity index (χ0n) is 15.5. The van der Waals surface area contributed by atoms with Crippen molar-refractivity contribution in [1.82, 2.24) is 10.3 Å². The van der Waals surface area contributed by atoms with Gasteiger partial charge in [0, 0.05) is 43.2 Å². The van der Waals surface area contributed by atoms with Gasteiger partial charge in [0.25, 0.3) is 0 Å². The number of methoxy groups -OCH3 is 2. The Morgan fingerprint density at radius 3 is 2.74 bits per heavy atom. The highest BCUT2D eigenvalue weighted by Gasteiger charge is 2.37. The molecule has 7 heteroatoms. The van der Waals surface area contributed by atoms with Crippen molar-refractivity contribution in [3.8, 4) is 11.5 Å². The van der Waals surface area contributed by atoms with E-state index in [1.165, 1.54) is 0 Å². The summed E-state index contributed by atoms with van der Waals surface area (Å²) in [6.07, 6.45) is 2.84. The van der Waals surface area contributed by atoms with E-state index in [0.29, 0.717) is 43.1 Å². The topological polar surface area (TPSA) is 80.8 Å². The molecule has 1 aliphatic heterocycles. The summed E-state index contributed by atoms with van der Waals surface area (Å²) in [7, 11) is 3.11. The molecule has 1 fully saturated rings. The second kappa shape index (κ2) is 8.53. The first-order chi connectivity index (χ1) is 13.1. The Kier molecular flexibility index (Phi) is 5.90. The van der Waals surface area contributed by atoms with Gasteiger partial charge in [0.05, 0.1) is 14.2 Å². The average molecular weight is 369 g/mol. The van der Waals surface area contributed by atoms with Crippen LogP contribution >= 0.6 is 0 Å². The van der Waals surface area contributed by atoms with Crippen molar-refractivity contribution < 1.29 is 19.1 Å². The van der Waals surface area contributed by atoms with Crippen LogP contribution in [-0.4, -0.2) is 44.1 Å². The van der Waals surface area contributed by atoms with Crippen molar-refractivity contribution >= 4 is 17.5 Å². The van der Waals surface area contributed by atoms with Crippen LogP contribution < -0.4 is 19.7 Å². The fourth-order valence-electron chi connectivity index (χ4n) is 3.16. The summed E-state index contributed by atoms with van der Waals surface area (Å²) >= 11 is 0. The lowest BCUT2D eigenvalue weighted by Gasteiger charge is -2.18. The largest absolute Gasteiger partial charge is 0.493 e. The van der Waals surface area contributed by atoms with Gasteiger partial charge in [0.15, 0.2) is 11.5 Å². The summed E-state index contributed by atoms with van der Waals surface area (Å²) in [5.41, 5.74) is 1.60. The molecule has 0 radical (unpaired) electrons. The summed E-state index contributed by atoms with van der Waals surface area (Å²) < 4.78 is 10.5. The maximum absolute atomic E-state index is 12.7. The molecule has 1 unspecified atom stereocenters. The summed E-state index contributed by atoms with van der Waals surface area (Å²) in [6, 6.07) is 11.0. The predicted octanol–water partition coefficient (Wildman–Crippen LogP) is 1.81. The fourth-order valence-corrected chi connectivity index (χ4v) is 3.16. The lowest BCUT2D eigenvalue weighted by Crippen LogP contribution is -2.37. The van der Waals surface area contributed by atoms with Crippen LogP contribution in [0.1, 0.15) is 12.1 Å². The number of aromatic nitrogens is 1.